The average Bonchev–Trinajstić information content (AvgIpc) is 3.24. The van der Waals surface area contributed by atoms with Gasteiger partial charge in [-0.2, -0.15) is 8.99 Å². The van der Waals surface area contributed by atoms with Gasteiger partial charge in [-0.15, -0.1) is 5.10 Å². The van der Waals surface area contributed by atoms with Crippen LogP contribution in [-0.4, -0.2) is 50.9 Å². The highest BCUT2D eigenvalue weighted by Gasteiger charge is 2.29. The second kappa shape index (κ2) is 8.96. The Balaban J connectivity index is 1.70. The summed E-state index contributed by atoms with van der Waals surface area (Å²) in [5.74, 6) is 0. The quantitative estimate of drug-likeness (QED) is 0.393. The molecule has 0 unspecified atom stereocenters. The van der Waals surface area contributed by atoms with Crippen molar-refractivity contribution in [2.24, 2.45) is 0 Å². The molecule has 0 amide bonds. The van der Waals surface area contributed by atoms with Gasteiger partial charge in [-0.05, 0) is 78.2 Å². The van der Waals surface area contributed by atoms with E-state index in [1.54, 1.807) is 0 Å². The Bertz CT molecular complexity index is 1270. The van der Waals surface area contributed by atoms with Crippen LogP contribution in [0.3, 0.4) is 0 Å². The first-order chi connectivity index (χ1) is 15.3. The molecular weight excluding hydrogens is 452 g/mol. The third kappa shape index (κ3) is 4.38. The van der Waals surface area contributed by atoms with Crippen LogP contribution in [0, 0.1) is 24.0 Å². The van der Waals surface area contributed by atoms with E-state index in [9.17, 15) is 18.5 Å². The Kier molecular flexibility index (Phi) is 6.26. The van der Waals surface area contributed by atoms with Crippen molar-refractivity contribution in [3.63, 3.8) is 0 Å². The predicted octanol–water partition coefficient (Wildman–Crippen LogP) is 3.51. The Hall–Kier alpha value is -2.83. The van der Waals surface area contributed by atoms with Gasteiger partial charge in [0.15, 0.2) is 0 Å². The van der Waals surface area contributed by atoms with E-state index in [4.69, 9.17) is 0 Å². The molecule has 0 aliphatic carbocycles. The molecule has 0 atom stereocenters. The van der Waals surface area contributed by atoms with Gasteiger partial charge in [0.1, 0.15) is 0 Å². The minimum atomic E-state index is -3.78. The molecule has 0 spiro atoms. The number of hydrogen-bond acceptors (Lipinski definition) is 8. The molecule has 32 heavy (non-hydrogen) atoms. The molecule has 1 aliphatic rings. The van der Waals surface area contributed by atoms with Crippen molar-refractivity contribution in [2.45, 2.75) is 48.1 Å². The SMILES string of the molecule is Cc1ccc(C)c(-n2nnnc2Sc2ccc(S(=O)(=O)N3CCCCC3)cc2[N+](=O)[O-])c1. The maximum Gasteiger partial charge on any atom is 0.284 e. The number of aromatic nitrogens is 4. The molecule has 1 saturated heterocycles. The van der Waals surface area contributed by atoms with Crippen LogP contribution in [0.15, 0.2) is 51.3 Å². The highest BCUT2D eigenvalue weighted by atomic mass is 32.2. The molecule has 1 aliphatic heterocycles. The van der Waals surface area contributed by atoms with Crippen LogP contribution in [-0.2, 0) is 10.0 Å². The monoisotopic (exact) mass is 474 g/mol. The lowest BCUT2D eigenvalue weighted by Gasteiger charge is -2.25. The van der Waals surface area contributed by atoms with Crippen molar-refractivity contribution in [2.75, 3.05) is 13.1 Å². The summed E-state index contributed by atoms with van der Waals surface area (Å²) in [7, 11) is -3.78. The Morgan fingerprint density at radius 3 is 2.53 bits per heavy atom. The number of piperidine rings is 1. The molecule has 12 heteroatoms. The number of nitro benzene ring substituents is 1. The lowest BCUT2D eigenvalue weighted by Crippen LogP contribution is -2.35. The Morgan fingerprint density at radius 1 is 1.06 bits per heavy atom. The second-order valence-electron chi connectivity index (χ2n) is 7.62. The number of benzene rings is 2. The summed E-state index contributed by atoms with van der Waals surface area (Å²) >= 11 is 1.02. The zero-order chi connectivity index (χ0) is 22.9. The van der Waals surface area contributed by atoms with Crippen molar-refractivity contribution < 1.29 is 13.3 Å². The minimum Gasteiger partial charge on any atom is -0.258 e. The fraction of sp³-hybridized carbons (Fsp3) is 0.350. The standard InChI is InChI=1S/C20H22N6O4S2/c1-14-6-7-15(2)17(12-14)25-20(21-22-23-25)31-19-9-8-16(13-18(19)26(27)28)32(29,30)24-10-4-3-5-11-24/h6-9,12-13H,3-5,10-11H2,1-2H3. The average molecular weight is 475 g/mol. The van der Waals surface area contributed by atoms with E-state index < -0.39 is 14.9 Å². The van der Waals surface area contributed by atoms with Crippen molar-refractivity contribution in [3.8, 4) is 5.69 Å². The molecule has 0 bridgehead atoms. The zero-order valence-corrected chi connectivity index (χ0v) is 19.3. The Morgan fingerprint density at radius 2 is 1.81 bits per heavy atom. The van der Waals surface area contributed by atoms with Crippen LogP contribution in [0.2, 0.25) is 0 Å². The number of hydrogen-bond donors (Lipinski definition) is 0. The maximum absolute atomic E-state index is 13.0. The number of rotatable bonds is 6. The van der Waals surface area contributed by atoms with Gasteiger partial charge in [0.25, 0.3) is 5.69 Å². The van der Waals surface area contributed by atoms with E-state index in [0.29, 0.717) is 18.2 Å². The number of tetrazole rings is 1. The largest absolute Gasteiger partial charge is 0.284 e. The third-order valence-corrected chi connectivity index (χ3v) is 8.21. The molecule has 0 saturated carbocycles. The summed E-state index contributed by atoms with van der Waals surface area (Å²) in [5.41, 5.74) is 2.44. The summed E-state index contributed by atoms with van der Waals surface area (Å²) in [6.45, 7) is 4.73. The van der Waals surface area contributed by atoms with Crippen LogP contribution in [0.5, 0.6) is 0 Å². The van der Waals surface area contributed by atoms with Crippen LogP contribution in [0.1, 0.15) is 30.4 Å². The predicted molar refractivity (Wildman–Crippen MR) is 118 cm³/mol. The maximum atomic E-state index is 13.0. The normalized spacial score (nSPS) is 15.1. The van der Waals surface area contributed by atoms with E-state index in [1.807, 2.05) is 32.0 Å². The van der Waals surface area contributed by atoms with Crippen LogP contribution < -0.4 is 0 Å². The topological polar surface area (TPSA) is 124 Å². The second-order valence-corrected chi connectivity index (χ2v) is 10.6. The summed E-state index contributed by atoms with van der Waals surface area (Å²) in [6, 6.07) is 9.83. The number of nitro groups is 1. The first-order valence-electron chi connectivity index (χ1n) is 10.1. The molecule has 3 aromatic rings. The van der Waals surface area contributed by atoms with Gasteiger partial charge in [-0.1, -0.05) is 18.6 Å². The van der Waals surface area contributed by atoms with Crippen molar-refractivity contribution in [1.82, 2.24) is 24.5 Å². The third-order valence-electron chi connectivity index (χ3n) is 5.31. The van der Waals surface area contributed by atoms with Crippen LogP contribution in [0.4, 0.5) is 5.69 Å². The van der Waals surface area contributed by atoms with E-state index in [-0.39, 0.29) is 15.5 Å². The lowest BCUT2D eigenvalue weighted by atomic mass is 10.1. The summed E-state index contributed by atoms with van der Waals surface area (Å²) in [6.07, 6.45) is 2.56. The van der Waals surface area contributed by atoms with Crippen molar-refractivity contribution >= 4 is 27.5 Å². The van der Waals surface area contributed by atoms with Crippen LogP contribution in [0.25, 0.3) is 5.69 Å². The molecule has 10 nitrogen and oxygen atoms in total. The van der Waals surface area contributed by atoms with Gasteiger partial charge in [0.2, 0.25) is 15.2 Å². The summed E-state index contributed by atoms with van der Waals surface area (Å²) < 4.78 is 28.8. The van der Waals surface area contributed by atoms with Gasteiger partial charge in [-0.25, -0.2) is 8.42 Å². The molecule has 4 rings (SSSR count). The van der Waals surface area contributed by atoms with Crippen molar-refractivity contribution in [3.05, 3.63) is 57.6 Å². The lowest BCUT2D eigenvalue weighted by molar-refractivity contribution is -0.388. The van der Waals surface area contributed by atoms with Gasteiger partial charge in [0.05, 0.1) is 20.4 Å². The van der Waals surface area contributed by atoms with E-state index in [2.05, 4.69) is 15.5 Å². The van der Waals surface area contributed by atoms with Crippen LogP contribution >= 0.6 is 11.8 Å². The fourth-order valence-corrected chi connectivity index (χ4v) is 5.99. The highest BCUT2D eigenvalue weighted by molar-refractivity contribution is 7.99. The van der Waals surface area contributed by atoms with Gasteiger partial charge >= 0.3 is 0 Å². The molecular formula is C20H22N6O4S2. The Labute approximate surface area is 189 Å². The molecule has 0 radical (unpaired) electrons. The first-order valence-corrected chi connectivity index (χ1v) is 12.4. The van der Waals surface area contributed by atoms with Gasteiger partial charge in [-0.3, -0.25) is 10.1 Å². The molecule has 2 aromatic carbocycles. The highest BCUT2D eigenvalue weighted by Crippen LogP contribution is 2.36. The first kappa shape index (κ1) is 22.4. The van der Waals surface area contributed by atoms with E-state index >= 15 is 0 Å². The zero-order valence-electron chi connectivity index (χ0n) is 17.6. The molecule has 168 valence electrons. The minimum absolute atomic E-state index is 0.0791. The van der Waals surface area contributed by atoms with Gasteiger partial charge < -0.3 is 0 Å². The molecule has 2 heterocycles. The number of sulfonamides is 1. The smallest absolute Gasteiger partial charge is 0.258 e. The fourth-order valence-electron chi connectivity index (χ4n) is 3.58. The van der Waals surface area contributed by atoms with Crippen molar-refractivity contribution in [1.29, 1.82) is 0 Å². The molecule has 1 aromatic heterocycles. The summed E-state index contributed by atoms with van der Waals surface area (Å²) in [5, 5.41) is 23.9. The molecule has 0 N–H and O–H groups in total. The summed E-state index contributed by atoms with van der Waals surface area (Å²) in [4.78, 5) is 11.4. The van der Waals surface area contributed by atoms with Gasteiger partial charge in [0, 0.05) is 19.2 Å². The molecule has 1 fully saturated rings. The van der Waals surface area contributed by atoms with E-state index in [1.165, 1.54) is 21.1 Å². The number of aryl methyl sites for hydroxylation is 2. The van der Waals surface area contributed by atoms with E-state index in [0.717, 1.165) is 53.9 Å². The number of nitrogens with zero attached hydrogens (tertiary/aromatic N) is 6.